The number of benzene rings is 1. The summed E-state index contributed by atoms with van der Waals surface area (Å²) in [6.45, 7) is 3.52. The van der Waals surface area contributed by atoms with Crippen LogP contribution < -0.4 is 0 Å². The highest BCUT2D eigenvalue weighted by Gasteiger charge is 2.28. The second kappa shape index (κ2) is 3.35. The Morgan fingerprint density at radius 2 is 1.67 bits per heavy atom. The summed E-state index contributed by atoms with van der Waals surface area (Å²) in [5, 5.41) is 0. The van der Waals surface area contributed by atoms with Crippen LogP contribution >= 0.6 is 0 Å². The molecule has 1 aromatic carbocycles. The molecule has 0 saturated carbocycles. The first-order valence-electron chi connectivity index (χ1n) is 4.01. The minimum absolute atomic E-state index is 0.169. The maximum atomic E-state index is 13.1. The van der Waals surface area contributed by atoms with Gasteiger partial charge in [-0.15, -0.1) is 0 Å². The predicted octanol–water partition coefficient (Wildman–Crippen LogP) is 2.26. The average Bonchev–Trinajstić information content (AvgIpc) is 2.05. The number of rotatable bonds is 2. The van der Waals surface area contributed by atoms with Crippen LogP contribution in [0, 0.1) is 6.92 Å². The monoisotopic (exact) mass is 186 g/mol. The highest BCUT2D eigenvalue weighted by Crippen LogP contribution is 2.26. The molecule has 0 fully saturated rings. The van der Waals surface area contributed by atoms with Gasteiger partial charge >= 0.3 is 0 Å². The molecule has 0 aliphatic heterocycles. The Morgan fingerprint density at radius 3 is 2.08 bits per heavy atom. The van der Waals surface area contributed by atoms with Crippen LogP contribution in [0.2, 0.25) is 6.55 Å². The third-order valence-corrected chi connectivity index (χ3v) is 3.21. The minimum Gasteiger partial charge on any atom is -0.207 e. The van der Waals surface area contributed by atoms with E-state index >= 15 is 0 Å². The van der Waals surface area contributed by atoms with Crippen LogP contribution in [0.15, 0.2) is 24.3 Å². The van der Waals surface area contributed by atoms with Crippen LogP contribution in [0.1, 0.15) is 11.1 Å². The molecule has 0 spiro atoms. The average molecular weight is 186 g/mol. The number of hydrogen-bond donors (Lipinski definition) is 0. The zero-order chi connectivity index (χ0) is 9.19. The maximum Gasteiger partial charge on any atom is 0.246 e. The van der Waals surface area contributed by atoms with Crippen LogP contribution in [-0.4, -0.2) is 9.52 Å². The van der Waals surface area contributed by atoms with E-state index in [-0.39, 0.29) is 5.56 Å². The number of alkyl halides is 2. The second-order valence-corrected chi connectivity index (χ2v) is 4.52. The topological polar surface area (TPSA) is 0 Å². The molecule has 0 heterocycles. The smallest absolute Gasteiger partial charge is 0.207 e. The van der Waals surface area contributed by atoms with Crippen molar-refractivity contribution in [2.24, 2.45) is 0 Å². The van der Waals surface area contributed by atoms with Gasteiger partial charge in [0.25, 0.3) is 0 Å². The van der Waals surface area contributed by atoms with E-state index in [1.54, 1.807) is 18.7 Å². The van der Waals surface area contributed by atoms with E-state index in [9.17, 15) is 8.78 Å². The van der Waals surface area contributed by atoms with Gasteiger partial charge in [0.05, 0.1) is 0 Å². The quantitative estimate of drug-likeness (QED) is 0.621. The minimum atomic E-state index is -2.53. The van der Waals surface area contributed by atoms with Crippen LogP contribution in [0.3, 0.4) is 0 Å². The number of halogens is 2. The molecule has 0 aliphatic carbocycles. The Morgan fingerprint density at radius 1 is 1.17 bits per heavy atom. The number of aryl methyl sites for hydroxylation is 1. The van der Waals surface area contributed by atoms with E-state index in [2.05, 4.69) is 0 Å². The lowest BCUT2D eigenvalue weighted by Crippen LogP contribution is -2.19. The lowest BCUT2D eigenvalue weighted by molar-refractivity contribution is 0.0899. The summed E-state index contributed by atoms with van der Waals surface area (Å²) in [6, 6.07) is 6.50. The van der Waals surface area contributed by atoms with Gasteiger partial charge in [0.15, 0.2) is 0 Å². The maximum absolute atomic E-state index is 13.1. The van der Waals surface area contributed by atoms with Crippen molar-refractivity contribution in [3.8, 4) is 0 Å². The van der Waals surface area contributed by atoms with Gasteiger partial charge in [-0.2, -0.15) is 0 Å². The molecule has 1 rings (SSSR count). The largest absolute Gasteiger partial charge is 0.246 e. The molecule has 0 N–H and O–H groups in total. The standard InChI is InChI=1S/C9H12F2Si/c1-7-3-5-8(6-4-7)9(10,11)12-2/h3-6H,12H2,1-2H3. The van der Waals surface area contributed by atoms with Gasteiger partial charge in [-0.25, -0.2) is 8.78 Å². The van der Waals surface area contributed by atoms with Gasteiger partial charge in [-0.3, -0.25) is 0 Å². The summed E-state index contributed by atoms with van der Waals surface area (Å²) in [4.78, 5) is 0. The van der Waals surface area contributed by atoms with Gasteiger partial charge in [0.2, 0.25) is 5.55 Å². The van der Waals surface area contributed by atoms with Gasteiger partial charge in [0, 0.05) is 5.56 Å². The summed E-state index contributed by atoms with van der Waals surface area (Å²) in [7, 11) is -1.30. The third-order valence-electron chi connectivity index (χ3n) is 1.92. The zero-order valence-corrected chi connectivity index (χ0v) is 8.69. The van der Waals surface area contributed by atoms with E-state index in [1.165, 1.54) is 12.1 Å². The van der Waals surface area contributed by atoms with Crippen molar-refractivity contribution >= 4 is 9.52 Å². The van der Waals surface area contributed by atoms with Crippen LogP contribution in [0.4, 0.5) is 8.78 Å². The van der Waals surface area contributed by atoms with Gasteiger partial charge in [-0.1, -0.05) is 36.4 Å². The van der Waals surface area contributed by atoms with E-state index < -0.39 is 15.1 Å². The molecule has 0 saturated heterocycles. The lowest BCUT2D eigenvalue weighted by atomic mass is 10.1. The molecule has 0 nitrogen and oxygen atoms in total. The fourth-order valence-corrected chi connectivity index (χ4v) is 1.65. The van der Waals surface area contributed by atoms with Crippen LogP contribution in [-0.2, 0) is 5.55 Å². The van der Waals surface area contributed by atoms with Crippen molar-refractivity contribution in [3.05, 3.63) is 35.4 Å². The van der Waals surface area contributed by atoms with Crippen molar-refractivity contribution < 1.29 is 8.78 Å². The molecule has 1 aromatic rings. The van der Waals surface area contributed by atoms with Gasteiger partial charge < -0.3 is 0 Å². The van der Waals surface area contributed by atoms with Crippen LogP contribution in [0.25, 0.3) is 0 Å². The molecular weight excluding hydrogens is 174 g/mol. The fraction of sp³-hybridized carbons (Fsp3) is 0.333. The van der Waals surface area contributed by atoms with Crippen molar-refractivity contribution in [2.75, 3.05) is 0 Å². The van der Waals surface area contributed by atoms with E-state index in [0.717, 1.165) is 5.56 Å². The first-order chi connectivity index (χ1) is 5.56. The van der Waals surface area contributed by atoms with Gasteiger partial charge in [0.1, 0.15) is 9.52 Å². The molecule has 66 valence electrons. The Labute approximate surface area is 73.4 Å². The Kier molecular flexibility index (Phi) is 2.62. The molecule has 0 aromatic heterocycles. The highest BCUT2D eigenvalue weighted by molar-refractivity contribution is 6.36. The molecule has 0 amide bonds. The summed E-state index contributed by atoms with van der Waals surface area (Å²) >= 11 is 0. The van der Waals surface area contributed by atoms with E-state index in [4.69, 9.17) is 0 Å². The van der Waals surface area contributed by atoms with Crippen molar-refractivity contribution in [2.45, 2.75) is 19.0 Å². The summed E-state index contributed by atoms with van der Waals surface area (Å²) in [5.41, 5.74) is -1.34. The lowest BCUT2D eigenvalue weighted by Gasteiger charge is -2.13. The Hall–Kier alpha value is -0.703. The summed E-state index contributed by atoms with van der Waals surface area (Å²) < 4.78 is 26.2. The third kappa shape index (κ3) is 1.91. The molecule has 0 bridgehead atoms. The van der Waals surface area contributed by atoms with Crippen molar-refractivity contribution in [3.63, 3.8) is 0 Å². The first-order valence-corrected chi connectivity index (χ1v) is 6.13. The fourth-order valence-electron chi connectivity index (χ4n) is 1.00. The predicted molar refractivity (Wildman–Crippen MR) is 49.5 cm³/mol. The summed E-state index contributed by atoms with van der Waals surface area (Å²) in [5.74, 6) is 0. The first kappa shape index (κ1) is 9.39. The molecule has 0 radical (unpaired) electrons. The summed E-state index contributed by atoms with van der Waals surface area (Å²) in [6.07, 6.45) is 0. The molecule has 0 atom stereocenters. The number of hydrogen-bond acceptors (Lipinski definition) is 0. The molecule has 12 heavy (non-hydrogen) atoms. The molecule has 0 unspecified atom stereocenters. The van der Waals surface area contributed by atoms with Crippen molar-refractivity contribution in [1.29, 1.82) is 0 Å². The van der Waals surface area contributed by atoms with E-state index in [1.807, 2.05) is 6.92 Å². The molecule has 3 heteroatoms. The SMILES string of the molecule is C[SiH2]C(F)(F)c1ccc(C)cc1. The highest BCUT2D eigenvalue weighted by atomic mass is 28.2. The second-order valence-electron chi connectivity index (χ2n) is 2.92. The van der Waals surface area contributed by atoms with Gasteiger partial charge in [-0.05, 0) is 6.92 Å². The van der Waals surface area contributed by atoms with Crippen molar-refractivity contribution in [1.82, 2.24) is 0 Å². The normalized spacial score (nSPS) is 12.7. The van der Waals surface area contributed by atoms with E-state index in [0.29, 0.717) is 0 Å². The Bertz CT molecular complexity index is 254. The Balaban J connectivity index is 2.96. The zero-order valence-electron chi connectivity index (χ0n) is 7.27. The molecule has 0 aliphatic rings. The van der Waals surface area contributed by atoms with Crippen LogP contribution in [0.5, 0.6) is 0 Å². The molecular formula is C9H12F2Si.